The van der Waals surface area contributed by atoms with Crippen molar-refractivity contribution in [2.45, 2.75) is 19.0 Å². The van der Waals surface area contributed by atoms with E-state index in [2.05, 4.69) is 52.8 Å². The first-order valence-corrected chi connectivity index (χ1v) is 8.56. The van der Waals surface area contributed by atoms with Gasteiger partial charge in [0.15, 0.2) is 5.96 Å². The number of para-hydroxylation sites is 1. The lowest BCUT2D eigenvalue weighted by Crippen LogP contribution is -2.37. The van der Waals surface area contributed by atoms with E-state index in [1.54, 1.807) is 0 Å². The summed E-state index contributed by atoms with van der Waals surface area (Å²) < 4.78 is 5.69. The summed E-state index contributed by atoms with van der Waals surface area (Å²) in [6.45, 7) is 1.25. The summed E-state index contributed by atoms with van der Waals surface area (Å²) in [7, 11) is 0. The van der Waals surface area contributed by atoms with Crippen molar-refractivity contribution in [2.75, 3.05) is 6.61 Å². The zero-order valence-corrected chi connectivity index (χ0v) is 16.7. The molecule has 134 valence electrons. The molecule has 1 heterocycles. The largest absolute Gasteiger partial charge is 0.493 e. The molecule has 4 nitrogen and oxygen atoms in total. The van der Waals surface area contributed by atoms with Gasteiger partial charge in [0.25, 0.3) is 0 Å². The Morgan fingerprint density at radius 1 is 1.04 bits per heavy atom. The minimum absolute atomic E-state index is 0. The number of hydrogen-bond donors (Lipinski definition) is 2. The van der Waals surface area contributed by atoms with E-state index < -0.39 is 0 Å². The molecule has 0 radical (unpaired) electrons. The molecule has 3 aromatic carbocycles. The molecule has 1 aliphatic heterocycles. The molecule has 0 spiro atoms. The maximum Gasteiger partial charge on any atom is 0.189 e. The number of nitrogens with zero attached hydrogens (tertiary/aromatic N) is 1. The molecular formula is C21H22IN3O. The monoisotopic (exact) mass is 459 g/mol. The number of halogens is 1. The van der Waals surface area contributed by atoms with Gasteiger partial charge in [0.2, 0.25) is 0 Å². The number of ether oxygens (including phenoxy) is 1. The van der Waals surface area contributed by atoms with Crippen LogP contribution in [0.5, 0.6) is 5.75 Å². The number of rotatable bonds is 3. The maximum atomic E-state index is 6.15. The standard InChI is InChI=1S/C21H21N3O.HI/c22-21(24-19-12-13-25-20-11-4-3-10-18(19)20)23-14-16-8-5-7-15-6-1-2-9-17(15)16;/h1-11,19H,12-14H2,(H3,22,23,24);1H. The highest BCUT2D eigenvalue weighted by molar-refractivity contribution is 14.0. The number of guanidine groups is 1. The summed E-state index contributed by atoms with van der Waals surface area (Å²) in [4.78, 5) is 4.55. The Kier molecular flexibility index (Phi) is 5.98. The van der Waals surface area contributed by atoms with Crippen molar-refractivity contribution in [3.05, 3.63) is 77.9 Å². The van der Waals surface area contributed by atoms with E-state index in [1.807, 2.05) is 24.3 Å². The molecule has 0 amide bonds. The number of nitrogens with one attached hydrogen (secondary N) is 1. The topological polar surface area (TPSA) is 59.6 Å². The van der Waals surface area contributed by atoms with Crippen LogP contribution in [0, 0.1) is 0 Å². The molecule has 0 bridgehead atoms. The number of benzene rings is 3. The lowest BCUT2D eigenvalue weighted by molar-refractivity contribution is 0.262. The smallest absolute Gasteiger partial charge is 0.189 e. The lowest BCUT2D eigenvalue weighted by Gasteiger charge is -2.26. The molecule has 0 saturated carbocycles. The Morgan fingerprint density at radius 2 is 1.81 bits per heavy atom. The first-order chi connectivity index (χ1) is 12.3. The minimum Gasteiger partial charge on any atom is -0.493 e. The van der Waals surface area contributed by atoms with Crippen molar-refractivity contribution < 1.29 is 4.74 Å². The van der Waals surface area contributed by atoms with E-state index in [9.17, 15) is 0 Å². The molecule has 1 unspecified atom stereocenters. The quantitative estimate of drug-likeness (QED) is 0.347. The van der Waals surface area contributed by atoms with Gasteiger partial charge < -0.3 is 15.8 Å². The number of hydrogen-bond acceptors (Lipinski definition) is 2. The molecular weight excluding hydrogens is 437 g/mol. The van der Waals surface area contributed by atoms with Gasteiger partial charge in [-0.3, -0.25) is 0 Å². The van der Waals surface area contributed by atoms with Gasteiger partial charge in [-0.15, -0.1) is 24.0 Å². The van der Waals surface area contributed by atoms with Gasteiger partial charge in [-0.05, 0) is 22.4 Å². The maximum absolute atomic E-state index is 6.15. The van der Waals surface area contributed by atoms with E-state index in [1.165, 1.54) is 16.3 Å². The lowest BCUT2D eigenvalue weighted by atomic mass is 10.0. The van der Waals surface area contributed by atoms with Crippen LogP contribution in [0.2, 0.25) is 0 Å². The van der Waals surface area contributed by atoms with Gasteiger partial charge in [0, 0.05) is 12.0 Å². The molecule has 5 heteroatoms. The molecule has 0 aliphatic carbocycles. The highest BCUT2D eigenvalue weighted by Crippen LogP contribution is 2.31. The van der Waals surface area contributed by atoms with E-state index in [-0.39, 0.29) is 30.0 Å². The van der Waals surface area contributed by atoms with Gasteiger partial charge in [-0.25, -0.2) is 4.99 Å². The molecule has 26 heavy (non-hydrogen) atoms. The van der Waals surface area contributed by atoms with Crippen LogP contribution in [0.1, 0.15) is 23.6 Å². The van der Waals surface area contributed by atoms with Crippen molar-refractivity contribution >= 4 is 40.7 Å². The minimum atomic E-state index is 0. The predicted octanol–water partition coefficient (Wildman–Crippen LogP) is 4.39. The fourth-order valence-electron chi connectivity index (χ4n) is 3.32. The summed E-state index contributed by atoms with van der Waals surface area (Å²) >= 11 is 0. The SMILES string of the molecule is I.NC(=NCc1cccc2ccccc12)NC1CCOc2ccccc21. The summed E-state index contributed by atoms with van der Waals surface area (Å²) in [6, 6.07) is 22.8. The second kappa shape index (κ2) is 8.40. The summed E-state index contributed by atoms with van der Waals surface area (Å²) in [6.07, 6.45) is 0.876. The van der Waals surface area contributed by atoms with E-state index >= 15 is 0 Å². The number of nitrogens with two attached hydrogens (primary N) is 1. The highest BCUT2D eigenvalue weighted by Gasteiger charge is 2.21. The summed E-state index contributed by atoms with van der Waals surface area (Å²) in [5.74, 6) is 1.39. The fourth-order valence-corrected chi connectivity index (χ4v) is 3.32. The first kappa shape index (κ1) is 18.5. The zero-order chi connectivity index (χ0) is 17.1. The van der Waals surface area contributed by atoms with Gasteiger partial charge in [-0.2, -0.15) is 0 Å². The van der Waals surface area contributed by atoms with Crippen molar-refractivity contribution in [1.82, 2.24) is 5.32 Å². The normalized spacial score (nSPS) is 16.3. The molecule has 0 fully saturated rings. The van der Waals surface area contributed by atoms with Crippen molar-refractivity contribution in [3.63, 3.8) is 0 Å². The first-order valence-electron chi connectivity index (χ1n) is 8.56. The Morgan fingerprint density at radius 3 is 2.73 bits per heavy atom. The molecule has 3 aromatic rings. The Labute approximate surface area is 170 Å². The van der Waals surface area contributed by atoms with Crippen LogP contribution in [-0.2, 0) is 6.54 Å². The number of fused-ring (bicyclic) bond motifs is 2. The second-order valence-electron chi connectivity index (χ2n) is 6.21. The summed E-state index contributed by atoms with van der Waals surface area (Å²) in [5, 5.41) is 5.78. The Bertz CT molecular complexity index is 921. The van der Waals surface area contributed by atoms with Crippen LogP contribution in [0.3, 0.4) is 0 Å². The van der Waals surface area contributed by atoms with Crippen molar-refractivity contribution in [2.24, 2.45) is 10.7 Å². The molecule has 1 aliphatic rings. The van der Waals surface area contributed by atoms with Crippen molar-refractivity contribution in [3.8, 4) is 5.75 Å². The van der Waals surface area contributed by atoms with Crippen LogP contribution < -0.4 is 15.8 Å². The predicted molar refractivity (Wildman–Crippen MR) is 117 cm³/mol. The van der Waals surface area contributed by atoms with Gasteiger partial charge >= 0.3 is 0 Å². The highest BCUT2D eigenvalue weighted by atomic mass is 127. The van der Waals surface area contributed by atoms with Gasteiger partial charge in [-0.1, -0.05) is 60.7 Å². The van der Waals surface area contributed by atoms with Gasteiger partial charge in [0.05, 0.1) is 19.2 Å². The third-order valence-corrected chi connectivity index (χ3v) is 4.58. The average Bonchev–Trinajstić information content (AvgIpc) is 2.66. The van der Waals surface area contributed by atoms with Crippen molar-refractivity contribution in [1.29, 1.82) is 0 Å². The Hall–Kier alpha value is -2.28. The fraction of sp³-hybridized carbons (Fsp3) is 0.190. The van der Waals surface area contributed by atoms with Crippen LogP contribution in [-0.4, -0.2) is 12.6 Å². The number of aliphatic imine (C=N–C) groups is 1. The molecule has 1 atom stereocenters. The third-order valence-electron chi connectivity index (χ3n) is 4.58. The van der Waals surface area contributed by atoms with E-state index in [0.29, 0.717) is 19.1 Å². The van der Waals surface area contributed by atoms with E-state index in [4.69, 9.17) is 10.5 Å². The second-order valence-corrected chi connectivity index (χ2v) is 6.21. The third kappa shape index (κ3) is 3.93. The van der Waals surface area contributed by atoms with Gasteiger partial charge in [0.1, 0.15) is 5.75 Å². The average molecular weight is 459 g/mol. The van der Waals surface area contributed by atoms with Crippen LogP contribution in [0.15, 0.2) is 71.7 Å². The Balaban J connectivity index is 0.00000196. The molecule has 3 N–H and O–H groups in total. The molecule has 4 rings (SSSR count). The summed E-state index contributed by atoms with van der Waals surface area (Å²) in [5.41, 5.74) is 8.46. The van der Waals surface area contributed by atoms with Crippen LogP contribution in [0.4, 0.5) is 0 Å². The molecule has 0 aromatic heterocycles. The van der Waals surface area contributed by atoms with Crippen LogP contribution >= 0.6 is 24.0 Å². The van der Waals surface area contributed by atoms with Crippen LogP contribution in [0.25, 0.3) is 10.8 Å². The zero-order valence-electron chi connectivity index (χ0n) is 14.4. The molecule has 0 saturated heterocycles. The van der Waals surface area contributed by atoms with E-state index in [0.717, 1.165) is 17.7 Å².